The summed E-state index contributed by atoms with van der Waals surface area (Å²) in [4.78, 5) is 3.07. The molecule has 0 saturated carbocycles. The molecule has 3 nitrogen and oxygen atoms in total. The Bertz CT molecular complexity index is 1090. The van der Waals surface area contributed by atoms with Crippen molar-refractivity contribution in [2.24, 2.45) is 0 Å². The van der Waals surface area contributed by atoms with E-state index in [2.05, 4.69) is 10.1 Å². The van der Waals surface area contributed by atoms with Crippen LogP contribution in [-0.4, -0.2) is 15.2 Å². The Hall–Kier alpha value is -2.80. The summed E-state index contributed by atoms with van der Waals surface area (Å²) in [7, 11) is 0. The van der Waals surface area contributed by atoms with Crippen LogP contribution in [0, 0.1) is 5.82 Å². The molecular formula is C18H10ClF4N3. The highest BCUT2D eigenvalue weighted by molar-refractivity contribution is 6.33. The molecule has 0 aliphatic rings. The normalized spacial score (nSPS) is 12.0. The van der Waals surface area contributed by atoms with E-state index >= 15 is 0 Å². The Balaban J connectivity index is 1.78. The molecule has 2 aromatic carbocycles. The standard InChI is InChI=1S/C18H10ClF4N3/c19-11-2-1-3-12(20)17(11)15-7-10-6-9(4-5-13(10)24-15)14-8-16(26-25-14)18(21,22)23/h1-8,24H,(H,25,26). The van der Waals surface area contributed by atoms with E-state index in [1.807, 2.05) is 5.10 Å². The minimum absolute atomic E-state index is 0.172. The summed E-state index contributed by atoms with van der Waals surface area (Å²) in [6.07, 6.45) is -4.49. The molecule has 0 saturated heterocycles. The Morgan fingerprint density at radius 3 is 2.50 bits per heavy atom. The van der Waals surface area contributed by atoms with Crippen LogP contribution in [-0.2, 0) is 6.18 Å². The van der Waals surface area contributed by atoms with E-state index < -0.39 is 17.7 Å². The Kier molecular flexibility index (Phi) is 3.77. The summed E-state index contributed by atoms with van der Waals surface area (Å²) < 4.78 is 52.2. The molecular weight excluding hydrogens is 370 g/mol. The van der Waals surface area contributed by atoms with E-state index in [4.69, 9.17) is 11.6 Å². The Morgan fingerprint density at radius 2 is 1.81 bits per heavy atom. The molecule has 0 amide bonds. The quantitative estimate of drug-likeness (QED) is 0.410. The molecule has 0 fully saturated rings. The molecule has 2 aromatic heterocycles. The topological polar surface area (TPSA) is 44.5 Å². The molecule has 0 bridgehead atoms. The highest BCUT2D eigenvalue weighted by Crippen LogP contribution is 2.34. The van der Waals surface area contributed by atoms with Gasteiger partial charge >= 0.3 is 6.18 Å². The number of halogens is 5. The Labute approximate surface area is 149 Å². The minimum atomic E-state index is -4.49. The van der Waals surface area contributed by atoms with Gasteiger partial charge in [-0.3, -0.25) is 5.10 Å². The van der Waals surface area contributed by atoms with Crippen molar-refractivity contribution in [2.75, 3.05) is 0 Å². The lowest BCUT2D eigenvalue weighted by molar-refractivity contribution is -0.141. The van der Waals surface area contributed by atoms with E-state index in [0.717, 1.165) is 6.07 Å². The van der Waals surface area contributed by atoms with Crippen LogP contribution < -0.4 is 0 Å². The Morgan fingerprint density at radius 1 is 1.00 bits per heavy atom. The number of benzene rings is 2. The third kappa shape index (κ3) is 2.84. The van der Waals surface area contributed by atoms with E-state index in [-0.39, 0.29) is 16.3 Å². The second-order valence-electron chi connectivity index (χ2n) is 5.75. The molecule has 2 heterocycles. The molecule has 26 heavy (non-hydrogen) atoms. The number of hydrogen-bond donors (Lipinski definition) is 2. The molecule has 4 aromatic rings. The zero-order valence-electron chi connectivity index (χ0n) is 13.0. The fourth-order valence-corrected chi connectivity index (χ4v) is 3.06. The average Bonchev–Trinajstić information content (AvgIpc) is 3.20. The van der Waals surface area contributed by atoms with Gasteiger partial charge in [0.05, 0.1) is 22.0 Å². The van der Waals surface area contributed by atoms with Crippen molar-refractivity contribution < 1.29 is 17.6 Å². The van der Waals surface area contributed by atoms with Crippen molar-refractivity contribution in [3.8, 4) is 22.5 Å². The third-order valence-electron chi connectivity index (χ3n) is 4.03. The summed E-state index contributed by atoms with van der Waals surface area (Å²) in [6.45, 7) is 0. The maximum absolute atomic E-state index is 14.1. The number of alkyl halides is 3. The number of hydrogen-bond acceptors (Lipinski definition) is 1. The molecule has 4 rings (SSSR count). The number of nitrogens with zero attached hydrogens (tertiary/aromatic N) is 1. The summed E-state index contributed by atoms with van der Waals surface area (Å²) >= 11 is 6.08. The first kappa shape index (κ1) is 16.7. The van der Waals surface area contributed by atoms with Crippen LogP contribution in [0.5, 0.6) is 0 Å². The van der Waals surface area contributed by atoms with Gasteiger partial charge in [-0.2, -0.15) is 18.3 Å². The molecule has 0 spiro atoms. The summed E-state index contributed by atoms with van der Waals surface area (Å²) in [5.41, 5.74) is 1.19. The molecule has 0 aliphatic carbocycles. The SMILES string of the molecule is Fc1cccc(Cl)c1-c1cc2cc(-c3cc(C(F)(F)F)[nH]n3)ccc2[nH]1. The summed E-state index contributed by atoms with van der Waals surface area (Å²) in [5.74, 6) is -0.466. The molecule has 0 unspecified atom stereocenters. The molecule has 0 atom stereocenters. The highest BCUT2D eigenvalue weighted by Gasteiger charge is 2.33. The fourth-order valence-electron chi connectivity index (χ4n) is 2.80. The second-order valence-corrected chi connectivity index (χ2v) is 6.15. The van der Waals surface area contributed by atoms with Gasteiger partial charge in [0.15, 0.2) is 0 Å². The number of nitrogens with one attached hydrogen (secondary N) is 2. The zero-order chi connectivity index (χ0) is 18.5. The van der Waals surface area contributed by atoms with Gasteiger partial charge in [0.25, 0.3) is 0 Å². The largest absolute Gasteiger partial charge is 0.432 e. The predicted molar refractivity (Wildman–Crippen MR) is 91.3 cm³/mol. The van der Waals surface area contributed by atoms with E-state index in [1.54, 1.807) is 30.3 Å². The molecule has 0 radical (unpaired) electrons. The monoisotopic (exact) mass is 379 g/mol. The summed E-state index contributed by atoms with van der Waals surface area (Å²) in [6, 6.07) is 12.1. The predicted octanol–water partition coefficient (Wildman–Crippen LogP) is 6.04. The van der Waals surface area contributed by atoms with Gasteiger partial charge in [-0.25, -0.2) is 4.39 Å². The second kappa shape index (κ2) is 5.88. The van der Waals surface area contributed by atoms with Crippen molar-refractivity contribution in [3.05, 3.63) is 65.1 Å². The molecule has 132 valence electrons. The highest BCUT2D eigenvalue weighted by atomic mass is 35.5. The smallest absolute Gasteiger partial charge is 0.354 e. The number of aromatic nitrogens is 3. The third-order valence-corrected chi connectivity index (χ3v) is 4.35. The van der Waals surface area contributed by atoms with Gasteiger partial charge in [0.1, 0.15) is 11.5 Å². The van der Waals surface area contributed by atoms with Gasteiger partial charge in [0, 0.05) is 16.5 Å². The van der Waals surface area contributed by atoms with Crippen molar-refractivity contribution >= 4 is 22.5 Å². The first-order chi connectivity index (χ1) is 12.3. The van der Waals surface area contributed by atoms with Crippen LogP contribution in [0.4, 0.5) is 17.6 Å². The lowest BCUT2D eigenvalue weighted by Crippen LogP contribution is -2.04. The van der Waals surface area contributed by atoms with E-state index in [1.165, 1.54) is 12.1 Å². The first-order valence-corrected chi connectivity index (χ1v) is 7.91. The van der Waals surface area contributed by atoms with Crippen LogP contribution in [0.3, 0.4) is 0 Å². The number of H-pyrrole nitrogens is 2. The van der Waals surface area contributed by atoms with Crippen molar-refractivity contribution in [3.63, 3.8) is 0 Å². The maximum Gasteiger partial charge on any atom is 0.432 e. The molecule has 0 aliphatic heterocycles. The number of aromatic amines is 2. The van der Waals surface area contributed by atoms with Gasteiger partial charge in [-0.05, 0) is 36.4 Å². The summed E-state index contributed by atoms with van der Waals surface area (Å²) in [5, 5.41) is 6.67. The lowest BCUT2D eigenvalue weighted by atomic mass is 10.1. The van der Waals surface area contributed by atoms with E-state index in [0.29, 0.717) is 22.2 Å². The van der Waals surface area contributed by atoms with Gasteiger partial charge in [-0.15, -0.1) is 0 Å². The van der Waals surface area contributed by atoms with Crippen LogP contribution in [0.25, 0.3) is 33.4 Å². The van der Waals surface area contributed by atoms with Crippen LogP contribution >= 0.6 is 11.6 Å². The number of fused-ring (bicyclic) bond motifs is 1. The van der Waals surface area contributed by atoms with Crippen molar-refractivity contribution in [1.82, 2.24) is 15.2 Å². The van der Waals surface area contributed by atoms with Crippen LogP contribution in [0.2, 0.25) is 5.02 Å². The minimum Gasteiger partial charge on any atom is -0.354 e. The molecule has 8 heteroatoms. The van der Waals surface area contributed by atoms with Crippen LogP contribution in [0.15, 0.2) is 48.5 Å². The zero-order valence-corrected chi connectivity index (χ0v) is 13.7. The van der Waals surface area contributed by atoms with Crippen LogP contribution in [0.1, 0.15) is 5.69 Å². The molecule has 2 N–H and O–H groups in total. The maximum atomic E-state index is 14.1. The van der Waals surface area contributed by atoms with Crippen molar-refractivity contribution in [1.29, 1.82) is 0 Å². The van der Waals surface area contributed by atoms with Gasteiger partial charge in [0.2, 0.25) is 0 Å². The first-order valence-electron chi connectivity index (χ1n) is 7.53. The van der Waals surface area contributed by atoms with E-state index in [9.17, 15) is 17.6 Å². The average molecular weight is 380 g/mol. The van der Waals surface area contributed by atoms with Crippen molar-refractivity contribution in [2.45, 2.75) is 6.18 Å². The fraction of sp³-hybridized carbons (Fsp3) is 0.0556. The number of rotatable bonds is 2. The van der Waals surface area contributed by atoms with Gasteiger partial charge in [-0.1, -0.05) is 23.7 Å². The van der Waals surface area contributed by atoms with Gasteiger partial charge < -0.3 is 4.98 Å². The lowest BCUT2D eigenvalue weighted by Gasteiger charge is -2.02.